The number of nitrogens with zero attached hydrogens (tertiary/aromatic N) is 2. The highest BCUT2D eigenvalue weighted by Crippen LogP contribution is 2.42. The number of hydrogen-bond donors (Lipinski definition) is 3. The van der Waals surface area contributed by atoms with E-state index in [1.54, 1.807) is 24.3 Å². The number of carboxylic acid groups (broad SMARTS) is 1. The third-order valence-electron chi connectivity index (χ3n) is 6.67. The van der Waals surface area contributed by atoms with E-state index in [2.05, 4.69) is 12.4 Å². The Morgan fingerprint density at radius 2 is 2.03 bits per heavy atom. The Bertz CT molecular complexity index is 921. The van der Waals surface area contributed by atoms with E-state index in [0.717, 1.165) is 25.0 Å². The first-order valence-electron chi connectivity index (χ1n) is 10.6. The Balaban J connectivity index is 1.52. The van der Waals surface area contributed by atoms with E-state index in [1.165, 1.54) is 16.7 Å². The molecule has 0 radical (unpaired) electrons. The molecule has 3 N–H and O–H groups in total. The fourth-order valence-corrected chi connectivity index (χ4v) is 6.39. The number of rotatable bonds is 7. The number of benzene rings is 1. The lowest BCUT2D eigenvalue weighted by Gasteiger charge is -2.50. The van der Waals surface area contributed by atoms with Crippen molar-refractivity contribution in [3.8, 4) is 0 Å². The van der Waals surface area contributed by atoms with E-state index in [4.69, 9.17) is 0 Å². The third kappa shape index (κ3) is 3.97. The number of aliphatic hydroxyl groups is 1. The number of fused-ring (bicyclic) bond motifs is 1. The molecule has 166 valence electrons. The highest BCUT2D eigenvalue weighted by atomic mass is 32.2. The molecule has 0 saturated carbocycles. The molecule has 2 amide bonds. The highest BCUT2D eigenvalue weighted by Gasteiger charge is 2.55. The molecule has 1 aromatic carbocycles. The molecule has 2 fully saturated rings. The van der Waals surface area contributed by atoms with Crippen molar-refractivity contribution < 1.29 is 29.1 Å². The van der Waals surface area contributed by atoms with Crippen LogP contribution in [0, 0.1) is 0 Å². The highest BCUT2D eigenvalue weighted by molar-refractivity contribution is 8.00. The van der Waals surface area contributed by atoms with Crippen LogP contribution in [0.3, 0.4) is 0 Å². The number of aliphatic carboxylic acids is 1. The lowest BCUT2D eigenvalue weighted by atomic mass is 10.0. The maximum atomic E-state index is 12.9. The second kappa shape index (κ2) is 8.64. The molecular formula is C22H28N3O5S+. The van der Waals surface area contributed by atoms with E-state index in [1.807, 2.05) is 6.07 Å². The van der Waals surface area contributed by atoms with Crippen LogP contribution in [0.25, 0.3) is 0 Å². The maximum Gasteiger partial charge on any atom is 0.352 e. The summed E-state index contributed by atoms with van der Waals surface area (Å²) in [7, 11) is 2.11. The van der Waals surface area contributed by atoms with Gasteiger partial charge in [0, 0.05) is 42.8 Å². The molecular weight excluding hydrogens is 418 g/mol. The van der Waals surface area contributed by atoms with Gasteiger partial charge in [0.05, 0.1) is 19.6 Å². The summed E-state index contributed by atoms with van der Waals surface area (Å²) < 4.78 is 0.689. The van der Waals surface area contributed by atoms with E-state index in [-0.39, 0.29) is 24.1 Å². The number of quaternary nitrogens is 1. The van der Waals surface area contributed by atoms with Gasteiger partial charge >= 0.3 is 5.97 Å². The molecule has 3 heterocycles. The zero-order chi connectivity index (χ0) is 22.2. The van der Waals surface area contributed by atoms with Crippen LogP contribution >= 0.6 is 11.8 Å². The standard InChI is InChI=1S/C22H27N3O5S/c1-25(10-5-8-16(25)9-11-26)12-15-13-31-21-17(20(28)24(21)18(15)22(29)30)23-19(27)14-6-3-2-4-7-14/h2-4,6-7,16-17,21,26H,5,8-13H2,1H3,(H-,23,27,29,30)/p+1/t16?,17?,21-,25?/m1/s1. The first kappa shape index (κ1) is 21.9. The third-order valence-corrected chi connectivity index (χ3v) is 8.01. The van der Waals surface area contributed by atoms with Crippen LogP contribution in [0.2, 0.25) is 0 Å². The molecule has 4 atom stereocenters. The summed E-state index contributed by atoms with van der Waals surface area (Å²) >= 11 is 1.50. The molecule has 3 unspecified atom stereocenters. The first-order chi connectivity index (χ1) is 14.9. The molecule has 0 spiro atoms. The number of hydrogen-bond acceptors (Lipinski definition) is 5. The number of aliphatic hydroxyl groups excluding tert-OH is 1. The van der Waals surface area contributed by atoms with Crippen molar-refractivity contribution >= 4 is 29.5 Å². The van der Waals surface area contributed by atoms with Gasteiger partial charge in [-0.25, -0.2) is 4.79 Å². The molecule has 3 aliphatic heterocycles. The van der Waals surface area contributed by atoms with Crippen molar-refractivity contribution in [1.29, 1.82) is 0 Å². The van der Waals surface area contributed by atoms with Crippen molar-refractivity contribution in [2.24, 2.45) is 0 Å². The van der Waals surface area contributed by atoms with Crippen LogP contribution in [0.1, 0.15) is 29.6 Å². The topological polar surface area (TPSA) is 107 Å². The molecule has 4 rings (SSSR count). The summed E-state index contributed by atoms with van der Waals surface area (Å²) in [5.41, 5.74) is 1.28. The zero-order valence-corrected chi connectivity index (χ0v) is 18.3. The van der Waals surface area contributed by atoms with Gasteiger partial charge < -0.3 is 20.0 Å². The number of β-lactam (4-membered cyclic amide) rings is 1. The summed E-state index contributed by atoms with van der Waals surface area (Å²) in [4.78, 5) is 38.8. The van der Waals surface area contributed by atoms with E-state index in [0.29, 0.717) is 34.8 Å². The minimum Gasteiger partial charge on any atom is -0.477 e. The van der Waals surface area contributed by atoms with Gasteiger partial charge in [-0.15, -0.1) is 11.8 Å². The van der Waals surface area contributed by atoms with Gasteiger partial charge in [-0.2, -0.15) is 0 Å². The molecule has 0 aromatic heterocycles. The average molecular weight is 447 g/mol. The predicted octanol–water partition coefficient (Wildman–Crippen LogP) is 1.03. The van der Waals surface area contributed by atoms with Crippen LogP contribution in [0.4, 0.5) is 0 Å². The van der Waals surface area contributed by atoms with Crippen LogP contribution in [-0.2, 0) is 9.59 Å². The van der Waals surface area contributed by atoms with E-state index in [9.17, 15) is 24.6 Å². The quantitative estimate of drug-likeness (QED) is 0.427. The molecule has 0 aliphatic carbocycles. The Hall–Kier alpha value is -2.36. The normalized spacial score (nSPS) is 30.1. The number of amides is 2. The smallest absolute Gasteiger partial charge is 0.352 e. The van der Waals surface area contributed by atoms with Crippen molar-refractivity contribution in [3.05, 3.63) is 47.2 Å². The maximum absolute atomic E-state index is 12.9. The van der Waals surface area contributed by atoms with Crippen LogP contribution < -0.4 is 5.32 Å². The molecule has 2 saturated heterocycles. The lowest BCUT2D eigenvalue weighted by molar-refractivity contribution is -0.917. The molecule has 31 heavy (non-hydrogen) atoms. The molecule has 8 nitrogen and oxygen atoms in total. The van der Waals surface area contributed by atoms with Gasteiger partial charge in [0.1, 0.15) is 23.7 Å². The molecule has 3 aliphatic rings. The van der Waals surface area contributed by atoms with Gasteiger partial charge in [0.15, 0.2) is 0 Å². The van der Waals surface area contributed by atoms with Crippen molar-refractivity contribution in [2.75, 3.05) is 32.5 Å². The van der Waals surface area contributed by atoms with Gasteiger partial charge in [-0.1, -0.05) is 18.2 Å². The van der Waals surface area contributed by atoms with Gasteiger partial charge in [-0.05, 0) is 12.1 Å². The van der Waals surface area contributed by atoms with E-state index >= 15 is 0 Å². The summed E-state index contributed by atoms with van der Waals surface area (Å²) in [6, 6.07) is 8.23. The van der Waals surface area contributed by atoms with Gasteiger partial charge in [0.2, 0.25) is 0 Å². The monoisotopic (exact) mass is 446 g/mol. The van der Waals surface area contributed by atoms with Gasteiger partial charge in [0.25, 0.3) is 11.8 Å². The van der Waals surface area contributed by atoms with Gasteiger partial charge in [-0.3, -0.25) is 14.5 Å². The summed E-state index contributed by atoms with van der Waals surface area (Å²) in [6.07, 6.45) is 2.75. The zero-order valence-electron chi connectivity index (χ0n) is 17.5. The summed E-state index contributed by atoms with van der Waals surface area (Å²) in [5, 5.41) is 21.7. The van der Waals surface area contributed by atoms with Crippen LogP contribution in [0.5, 0.6) is 0 Å². The van der Waals surface area contributed by atoms with Crippen molar-refractivity contribution in [3.63, 3.8) is 0 Å². The number of thioether (sulfide) groups is 1. The summed E-state index contributed by atoms with van der Waals surface area (Å²) in [6.45, 7) is 1.60. The van der Waals surface area contributed by atoms with Crippen LogP contribution in [-0.4, -0.2) is 87.3 Å². The molecule has 0 bridgehead atoms. The number of carbonyl (C=O) groups excluding carboxylic acids is 2. The number of carbonyl (C=O) groups is 3. The predicted molar refractivity (Wildman–Crippen MR) is 116 cm³/mol. The molecule has 1 aromatic rings. The first-order valence-corrected chi connectivity index (χ1v) is 11.6. The SMILES string of the molecule is C[N+]1(CC2=C(C(=O)O)N3C(=O)C(NC(=O)c4ccccc4)[C@H]3SC2)CCCC1CCO. The number of likely N-dealkylation sites (N-methyl/N-ethyl adjacent to an activating group) is 1. The molecule has 9 heteroatoms. The Morgan fingerprint density at radius 3 is 2.71 bits per heavy atom. The van der Waals surface area contributed by atoms with Crippen molar-refractivity contribution in [2.45, 2.75) is 36.7 Å². The fraction of sp³-hybridized carbons (Fsp3) is 0.500. The van der Waals surface area contributed by atoms with Crippen molar-refractivity contribution in [1.82, 2.24) is 10.2 Å². The average Bonchev–Trinajstić information content (AvgIpc) is 3.12. The minimum atomic E-state index is -1.11. The number of likely N-dealkylation sites (tertiary alicyclic amines) is 1. The minimum absolute atomic E-state index is 0.0629. The number of nitrogens with one attached hydrogen (secondary N) is 1. The fourth-order valence-electron chi connectivity index (χ4n) is 5.05. The largest absolute Gasteiger partial charge is 0.477 e. The Labute approximate surface area is 185 Å². The number of carboxylic acids is 1. The lowest BCUT2D eigenvalue weighted by Crippen LogP contribution is -2.70. The van der Waals surface area contributed by atoms with E-state index < -0.39 is 17.4 Å². The van der Waals surface area contributed by atoms with Crippen LogP contribution in [0.15, 0.2) is 41.6 Å². The second-order valence-corrected chi connectivity index (χ2v) is 9.76. The Morgan fingerprint density at radius 1 is 1.29 bits per heavy atom. The second-order valence-electron chi connectivity index (χ2n) is 8.65. The summed E-state index contributed by atoms with van der Waals surface area (Å²) in [5.74, 6) is -1.32. The Kier molecular flexibility index (Phi) is 6.09.